The minimum absolute atomic E-state index is 0.146. The van der Waals surface area contributed by atoms with Crippen LogP contribution in [-0.2, 0) is 9.47 Å². The SMILES string of the molecule is CC(C)COC(=O)Oc1c2ccc(Cl)cc2c(OC(=O)OCC(C)C)c2cc(Cl)ccc12. The molecule has 0 aromatic heterocycles. The van der Waals surface area contributed by atoms with Gasteiger partial charge in [-0.05, 0) is 48.2 Å². The lowest BCUT2D eigenvalue weighted by Gasteiger charge is -2.17. The molecule has 3 aromatic rings. The highest BCUT2D eigenvalue weighted by Gasteiger charge is 2.22. The van der Waals surface area contributed by atoms with Gasteiger partial charge in [-0.2, -0.15) is 0 Å². The summed E-state index contributed by atoms with van der Waals surface area (Å²) in [7, 11) is 0. The number of ether oxygens (including phenoxy) is 4. The van der Waals surface area contributed by atoms with Crippen LogP contribution in [0.3, 0.4) is 0 Å². The molecule has 8 heteroatoms. The second kappa shape index (κ2) is 10.3. The molecule has 0 spiro atoms. The molecule has 0 atom stereocenters. The number of rotatable bonds is 6. The Kier molecular flexibility index (Phi) is 7.69. The largest absolute Gasteiger partial charge is 0.513 e. The highest BCUT2D eigenvalue weighted by Crippen LogP contribution is 2.44. The van der Waals surface area contributed by atoms with Crippen molar-refractivity contribution < 1.29 is 28.5 Å². The maximum Gasteiger partial charge on any atom is 0.513 e. The van der Waals surface area contributed by atoms with Crippen molar-refractivity contribution in [1.29, 1.82) is 0 Å². The van der Waals surface area contributed by atoms with E-state index in [0.29, 0.717) is 31.6 Å². The Morgan fingerprint density at radius 1 is 0.688 bits per heavy atom. The summed E-state index contributed by atoms with van der Waals surface area (Å²) >= 11 is 12.4. The first-order valence-electron chi connectivity index (χ1n) is 10.2. The Bertz CT molecular complexity index is 1090. The molecule has 0 aliphatic carbocycles. The van der Waals surface area contributed by atoms with Gasteiger partial charge in [-0.15, -0.1) is 0 Å². The number of benzene rings is 3. The number of carbonyl (C=O) groups is 2. The molecule has 170 valence electrons. The molecule has 0 saturated heterocycles. The molecule has 0 unspecified atom stereocenters. The third kappa shape index (κ3) is 5.75. The minimum Gasteiger partial charge on any atom is -0.434 e. The maximum absolute atomic E-state index is 12.4. The van der Waals surface area contributed by atoms with Crippen LogP contribution in [0.2, 0.25) is 10.0 Å². The monoisotopic (exact) mass is 478 g/mol. The first-order chi connectivity index (χ1) is 15.2. The van der Waals surface area contributed by atoms with E-state index in [1.54, 1.807) is 36.4 Å². The molecular weight excluding hydrogens is 455 g/mol. The normalized spacial score (nSPS) is 11.2. The van der Waals surface area contributed by atoms with E-state index in [4.69, 9.17) is 42.1 Å². The van der Waals surface area contributed by atoms with Gasteiger partial charge in [-0.3, -0.25) is 0 Å². The van der Waals surface area contributed by atoms with E-state index in [0.717, 1.165) is 0 Å². The van der Waals surface area contributed by atoms with Gasteiger partial charge in [0.1, 0.15) is 5.75 Å². The van der Waals surface area contributed by atoms with Crippen LogP contribution in [0, 0.1) is 11.8 Å². The van der Waals surface area contributed by atoms with Gasteiger partial charge in [0.15, 0.2) is 5.75 Å². The number of halogens is 2. The molecule has 0 heterocycles. The first kappa shape index (κ1) is 24.0. The van der Waals surface area contributed by atoms with Gasteiger partial charge in [-0.1, -0.05) is 50.9 Å². The Morgan fingerprint density at radius 2 is 1.06 bits per heavy atom. The van der Waals surface area contributed by atoms with Crippen LogP contribution in [0.1, 0.15) is 27.7 Å². The van der Waals surface area contributed by atoms with E-state index >= 15 is 0 Å². The zero-order chi connectivity index (χ0) is 23.4. The van der Waals surface area contributed by atoms with Gasteiger partial charge >= 0.3 is 12.3 Å². The van der Waals surface area contributed by atoms with Crippen molar-refractivity contribution in [3.63, 3.8) is 0 Å². The molecule has 0 N–H and O–H groups in total. The van der Waals surface area contributed by atoms with E-state index in [1.165, 1.54) is 0 Å². The summed E-state index contributed by atoms with van der Waals surface area (Å²) in [4.78, 5) is 24.7. The van der Waals surface area contributed by atoms with E-state index in [1.807, 2.05) is 27.7 Å². The average molecular weight is 479 g/mol. The van der Waals surface area contributed by atoms with Gasteiger partial charge in [0.05, 0.1) is 13.2 Å². The van der Waals surface area contributed by atoms with Crippen LogP contribution in [-0.4, -0.2) is 25.5 Å². The van der Waals surface area contributed by atoms with Gasteiger partial charge in [0, 0.05) is 31.6 Å². The summed E-state index contributed by atoms with van der Waals surface area (Å²) in [6, 6.07) is 9.91. The highest BCUT2D eigenvalue weighted by molar-refractivity contribution is 6.33. The minimum atomic E-state index is -0.855. The molecule has 3 rings (SSSR count). The van der Waals surface area contributed by atoms with Crippen molar-refractivity contribution in [2.45, 2.75) is 27.7 Å². The molecule has 0 aliphatic rings. The van der Waals surface area contributed by atoms with Crippen molar-refractivity contribution in [3.8, 4) is 11.5 Å². The second-order valence-electron chi connectivity index (χ2n) is 8.15. The maximum atomic E-state index is 12.4. The Hall–Kier alpha value is -2.70. The molecular formula is C24H24Cl2O6. The molecule has 3 aromatic carbocycles. The summed E-state index contributed by atoms with van der Waals surface area (Å²) in [5.41, 5.74) is 0. The van der Waals surface area contributed by atoms with Gasteiger partial charge in [-0.25, -0.2) is 9.59 Å². The number of hydrogen-bond donors (Lipinski definition) is 0. The fraction of sp³-hybridized carbons (Fsp3) is 0.333. The Labute approximate surface area is 196 Å². The topological polar surface area (TPSA) is 71.1 Å². The van der Waals surface area contributed by atoms with Crippen molar-refractivity contribution in [2.24, 2.45) is 11.8 Å². The molecule has 0 amide bonds. The third-order valence-corrected chi connectivity index (χ3v) is 4.85. The van der Waals surface area contributed by atoms with E-state index in [-0.39, 0.29) is 36.5 Å². The standard InChI is InChI=1S/C24H24Cl2O6/c1-13(2)11-29-23(27)31-21-17-7-5-15(25)9-19(17)22(32-24(28)30-12-14(3)4)20-10-16(26)6-8-18(20)21/h5-10,13-14H,11-12H2,1-4H3. The average Bonchev–Trinajstić information content (AvgIpc) is 2.73. The molecule has 0 fully saturated rings. The van der Waals surface area contributed by atoms with E-state index < -0.39 is 12.3 Å². The second-order valence-corrected chi connectivity index (χ2v) is 9.02. The fourth-order valence-corrected chi connectivity index (χ4v) is 3.35. The van der Waals surface area contributed by atoms with Crippen LogP contribution in [0.25, 0.3) is 21.5 Å². The summed E-state index contributed by atoms with van der Waals surface area (Å²) in [6.45, 7) is 8.11. The van der Waals surface area contributed by atoms with Gasteiger partial charge < -0.3 is 18.9 Å². The zero-order valence-corrected chi connectivity index (χ0v) is 19.8. The summed E-state index contributed by atoms with van der Waals surface area (Å²) in [5, 5.41) is 2.76. The quantitative estimate of drug-likeness (QED) is 0.206. The van der Waals surface area contributed by atoms with Crippen LogP contribution >= 0.6 is 23.2 Å². The lowest BCUT2D eigenvalue weighted by Crippen LogP contribution is -2.16. The number of fused-ring (bicyclic) bond motifs is 2. The van der Waals surface area contributed by atoms with Crippen molar-refractivity contribution >= 4 is 57.1 Å². The van der Waals surface area contributed by atoms with Gasteiger partial charge in [0.25, 0.3) is 0 Å². The predicted molar refractivity (Wildman–Crippen MR) is 125 cm³/mol. The third-order valence-electron chi connectivity index (χ3n) is 4.38. The van der Waals surface area contributed by atoms with Crippen LogP contribution in [0.15, 0.2) is 36.4 Å². The predicted octanol–water partition coefficient (Wildman–Crippen LogP) is 7.64. The number of hydrogen-bond acceptors (Lipinski definition) is 6. The lowest BCUT2D eigenvalue weighted by atomic mass is 10.0. The fourth-order valence-electron chi connectivity index (χ4n) is 3.01. The summed E-state index contributed by atoms with van der Waals surface area (Å²) in [5.74, 6) is 0.755. The van der Waals surface area contributed by atoms with Crippen LogP contribution in [0.4, 0.5) is 9.59 Å². The molecule has 6 nitrogen and oxygen atoms in total. The highest BCUT2D eigenvalue weighted by atomic mass is 35.5. The van der Waals surface area contributed by atoms with E-state index in [9.17, 15) is 9.59 Å². The lowest BCUT2D eigenvalue weighted by molar-refractivity contribution is 0.0879. The Balaban J connectivity index is 2.16. The summed E-state index contributed by atoms with van der Waals surface area (Å²) in [6.07, 6.45) is -1.69. The molecule has 0 saturated carbocycles. The molecule has 0 bridgehead atoms. The van der Waals surface area contributed by atoms with E-state index in [2.05, 4.69) is 0 Å². The van der Waals surface area contributed by atoms with Gasteiger partial charge in [0.2, 0.25) is 0 Å². The molecule has 0 aliphatic heterocycles. The van der Waals surface area contributed by atoms with Crippen LogP contribution < -0.4 is 9.47 Å². The van der Waals surface area contributed by atoms with Crippen LogP contribution in [0.5, 0.6) is 11.5 Å². The zero-order valence-electron chi connectivity index (χ0n) is 18.2. The molecule has 32 heavy (non-hydrogen) atoms. The van der Waals surface area contributed by atoms with Crippen molar-refractivity contribution in [2.75, 3.05) is 13.2 Å². The van der Waals surface area contributed by atoms with Crippen molar-refractivity contribution in [1.82, 2.24) is 0 Å². The Morgan fingerprint density at radius 3 is 1.44 bits per heavy atom. The summed E-state index contributed by atoms with van der Waals surface area (Å²) < 4.78 is 21.5. The smallest absolute Gasteiger partial charge is 0.434 e. The number of carbonyl (C=O) groups excluding carboxylic acids is 2. The van der Waals surface area contributed by atoms with Crippen molar-refractivity contribution in [3.05, 3.63) is 46.4 Å². The molecule has 0 radical (unpaired) electrons. The first-order valence-corrected chi connectivity index (χ1v) is 10.9.